The predicted molar refractivity (Wildman–Crippen MR) is 130 cm³/mol. The number of quaternary nitrogens is 1. The number of hydrogen-bond acceptors (Lipinski definition) is 3. The molecule has 4 rings (SSSR count). The van der Waals surface area contributed by atoms with Gasteiger partial charge in [-0.3, -0.25) is 9.69 Å². The smallest absolute Gasteiger partial charge is 0.427 e. The number of fused-ring (bicyclic) bond motifs is 1. The van der Waals surface area contributed by atoms with Crippen molar-refractivity contribution in [2.75, 3.05) is 11.9 Å². The number of nitrogens with one attached hydrogen (secondary N) is 2. The number of hydrogen-bond donors (Lipinski definition) is 3. The Balaban J connectivity index is 1.49. The van der Waals surface area contributed by atoms with Gasteiger partial charge in [0.1, 0.15) is 11.7 Å². The topological polar surface area (TPSA) is 91.2 Å². The van der Waals surface area contributed by atoms with Gasteiger partial charge in [0.2, 0.25) is 0 Å². The Morgan fingerprint density at radius 1 is 1.03 bits per heavy atom. The number of nitrogens with zero attached hydrogens (tertiary/aromatic N) is 1. The number of amides is 3. The second kappa shape index (κ2) is 9.85. The van der Waals surface area contributed by atoms with Crippen LogP contribution in [0.2, 0.25) is 10.0 Å². The molecule has 0 bridgehead atoms. The molecule has 0 saturated carbocycles. The second-order valence-electron chi connectivity index (χ2n) is 8.00. The maximum Gasteiger partial charge on any atom is 0.427 e. The molecule has 3 aromatic rings. The number of halogens is 2. The predicted octanol–water partition coefficient (Wildman–Crippen LogP) is 3.71. The Morgan fingerprint density at radius 2 is 1.68 bits per heavy atom. The van der Waals surface area contributed by atoms with E-state index in [0.29, 0.717) is 22.7 Å². The van der Waals surface area contributed by atoms with Crippen LogP contribution in [0.4, 0.5) is 16.2 Å². The van der Waals surface area contributed by atoms with Crippen LogP contribution in [0.25, 0.3) is 0 Å². The minimum absolute atomic E-state index is 0.0305. The van der Waals surface area contributed by atoms with E-state index in [1.54, 1.807) is 35.2 Å². The molecule has 3 aromatic carbocycles. The van der Waals surface area contributed by atoms with E-state index in [1.807, 2.05) is 31.3 Å². The van der Waals surface area contributed by atoms with Gasteiger partial charge in [-0.2, -0.15) is 0 Å². The molecule has 2 unspecified atom stereocenters. The Bertz CT molecular complexity index is 1240. The third kappa shape index (κ3) is 4.77. The first kappa shape index (κ1) is 23.8. The van der Waals surface area contributed by atoms with Crippen molar-refractivity contribution < 1.29 is 24.4 Å². The molecule has 1 heterocycles. The highest BCUT2D eigenvalue weighted by atomic mass is 35.5. The third-order valence-electron chi connectivity index (χ3n) is 5.80. The Kier molecular flexibility index (Phi) is 6.88. The average Bonchev–Trinajstić information content (AvgIpc) is 2.81. The van der Waals surface area contributed by atoms with Crippen LogP contribution in [-0.2, 0) is 17.8 Å². The van der Waals surface area contributed by atoms with Gasteiger partial charge in [0.25, 0.3) is 5.91 Å². The summed E-state index contributed by atoms with van der Waals surface area (Å²) in [5.41, 5.74) is 3.45. The molecule has 0 fully saturated rings. The van der Waals surface area contributed by atoms with E-state index in [1.165, 1.54) is 12.1 Å². The van der Waals surface area contributed by atoms with Gasteiger partial charge in [-0.25, -0.2) is 14.5 Å². The molecule has 0 radical (unpaired) electrons. The van der Waals surface area contributed by atoms with E-state index in [4.69, 9.17) is 23.2 Å². The van der Waals surface area contributed by atoms with Gasteiger partial charge in [0.05, 0.1) is 29.2 Å². The van der Waals surface area contributed by atoms with E-state index in [2.05, 4.69) is 5.32 Å². The molecular formula is C25H22Cl2N3O4+. The number of aliphatic carboxylic acids is 1. The summed E-state index contributed by atoms with van der Waals surface area (Å²) in [4.78, 5) is 39.7. The van der Waals surface area contributed by atoms with Gasteiger partial charge in [-0.1, -0.05) is 59.6 Å². The lowest BCUT2D eigenvalue weighted by atomic mass is 10.0. The number of rotatable bonds is 6. The lowest BCUT2D eigenvalue weighted by Gasteiger charge is -2.30. The zero-order valence-electron chi connectivity index (χ0n) is 18.2. The molecule has 7 nitrogen and oxygen atoms in total. The molecule has 34 heavy (non-hydrogen) atoms. The highest BCUT2D eigenvalue weighted by Crippen LogP contribution is 2.25. The molecular weight excluding hydrogens is 477 g/mol. The number of carbonyl (C=O) groups is 3. The molecule has 0 saturated heterocycles. The normalized spacial score (nSPS) is 16.0. The fourth-order valence-electron chi connectivity index (χ4n) is 3.99. The number of carboxylic acids is 1. The first-order chi connectivity index (χ1) is 16.3. The third-order valence-corrected chi connectivity index (χ3v) is 6.43. The molecule has 0 aliphatic carbocycles. The van der Waals surface area contributed by atoms with Crippen molar-refractivity contribution in [3.05, 3.63) is 93.5 Å². The van der Waals surface area contributed by atoms with Crippen LogP contribution in [0, 0.1) is 0 Å². The number of anilines is 1. The van der Waals surface area contributed by atoms with Crippen molar-refractivity contribution in [3.63, 3.8) is 0 Å². The van der Waals surface area contributed by atoms with E-state index in [0.717, 1.165) is 11.3 Å². The van der Waals surface area contributed by atoms with E-state index in [-0.39, 0.29) is 28.1 Å². The van der Waals surface area contributed by atoms with Crippen LogP contribution in [0.5, 0.6) is 0 Å². The lowest BCUT2D eigenvalue weighted by molar-refractivity contribution is -0.718. The van der Waals surface area contributed by atoms with Crippen LogP contribution in [0.1, 0.15) is 21.5 Å². The molecule has 9 heteroatoms. The molecule has 1 aliphatic heterocycles. The highest BCUT2D eigenvalue weighted by molar-refractivity contribution is 6.39. The van der Waals surface area contributed by atoms with Crippen LogP contribution < -0.4 is 15.1 Å². The first-order valence-corrected chi connectivity index (χ1v) is 11.3. The van der Waals surface area contributed by atoms with Crippen molar-refractivity contribution in [1.29, 1.82) is 0 Å². The summed E-state index contributed by atoms with van der Waals surface area (Å²) < 4.78 is 0. The second-order valence-corrected chi connectivity index (χ2v) is 8.82. The number of benzene rings is 3. The maximum atomic E-state index is 12.9. The summed E-state index contributed by atoms with van der Waals surface area (Å²) in [6.45, 7) is 0.456. The summed E-state index contributed by atoms with van der Waals surface area (Å²) in [5.74, 6) is -1.85. The summed E-state index contributed by atoms with van der Waals surface area (Å²) in [5, 5.41) is 12.4. The van der Waals surface area contributed by atoms with Crippen molar-refractivity contribution >= 4 is 52.5 Å². The molecule has 174 valence electrons. The fraction of sp³-hybridized carbons (Fsp3) is 0.160. The molecule has 0 spiro atoms. The monoisotopic (exact) mass is 498 g/mol. The highest BCUT2D eigenvalue weighted by Gasteiger charge is 2.33. The van der Waals surface area contributed by atoms with Gasteiger partial charge < -0.3 is 10.4 Å². The number of carbonyl (C=O) groups excluding carboxylic acids is 2. The summed E-state index contributed by atoms with van der Waals surface area (Å²) in [6.07, 6.45) is 0.0470. The van der Waals surface area contributed by atoms with Gasteiger partial charge in [-0.05, 0) is 35.9 Å². The Hall–Kier alpha value is -3.39. The molecule has 3 N–H and O–H groups in total. The van der Waals surface area contributed by atoms with Crippen LogP contribution in [0.3, 0.4) is 0 Å². The quantitative estimate of drug-likeness (QED) is 0.483. The summed E-state index contributed by atoms with van der Waals surface area (Å²) in [6, 6.07) is 18.2. The van der Waals surface area contributed by atoms with E-state index < -0.39 is 17.9 Å². The first-order valence-electron chi connectivity index (χ1n) is 10.6. The maximum absolute atomic E-state index is 12.9. The van der Waals surface area contributed by atoms with E-state index >= 15 is 0 Å². The molecule has 0 aromatic heterocycles. The minimum atomic E-state index is -1.19. The van der Waals surface area contributed by atoms with Gasteiger partial charge >= 0.3 is 12.0 Å². The molecule has 1 aliphatic rings. The van der Waals surface area contributed by atoms with Crippen LogP contribution in [0.15, 0.2) is 66.7 Å². The van der Waals surface area contributed by atoms with Crippen molar-refractivity contribution in [2.45, 2.75) is 19.0 Å². The fourth-order valence-corrected chi connectivity index (χ4v) is 4.55. The van der Waals surface area contributed by atoms with Gasteiger partial charge in [-0.15, -0.1) is 0 Å². The van der Waals surface area contributed by atoms with E-state index in [9.17, 15) is 19.5 Å². The lowest BCUT2D eigenvalue weighted by Crippen LogP contribution is -3.10. The van der Waals surface area contributed by atoms with Crippen LogP contribution in [-0.4, -0.2) is 36.1 Å². The van der Waals surface area contributed by atoms with Crippen molar-refractivity contribution in [3.8, 4) is 0 Å². The SMILES string of the molecule is C[NH+]1C(=O)N(c2ccc(CC(NC(=O)c3c(Cl)cccc3Cl)C(=O)O)cc2)Cc2ccccc21. The average molecular weight is 499 g/mol. The summed E-state index contributed by atoms with van der Waals surface area (Å²) in [7, 11) is 1.81. The number of carboxylic acid groups (broad SMARTS) is 1. The zero-order chi connectivity index (χ0) is 24.4. The van der Waals surface area contributed by atoms with Crippen LogP contribution >= 0.6 is 23.2 Å². The summed E-state index contributed by atoms with van der Waals surface area (Å²) >= 11 is 12.1. The van der Waals surface area contributed by atoms with Gasteiger partial charge in [0.15, 0.2) is 0 Å². The Labute approximate surface area is 206 Å². The number of para-hydroxylation sites is 1. The molecule has 2 atom stereocenters. The standard InChI is InChI=1S/C25H21Cl2N3O4/c1-29-21-8-3-2-5-16(21)14-30(25(29)34)17-11-9-15(10-12-17)13-20(24(32)33)28-23(31)22-18(26)6-4-7-19(22)27/h2-12,20H,13-14H2,1H3,(H,28,31)(H,32,33)/p+1. The zero-order valence-corrected chi connectivity index (χ0v) is 19.7. The van der Waals surface area contributed by atoms with Gasteiger partial charge in [0, 0.05) is 17.7 Å². The Morgan fingerprint density at radius 3 is 2.32 bits per heavy atom. The van der Waals surface area contributed by atoms with Crippen molar-refractivity contribution in [2.24, 2.45) is 0 Å². The number of urea groups is 1. The largest absolute Gasteiger partial charge is 0.480 e. The molecule has 3 amide bonds. The van der Waals surface area contributed by atoms with Crippen molar-refractivity contribution in [1.82, 2.24) is 5.32 Å². The minimum Gasteiger partial charge on any atom is -0.480 e.